The van der Waals surface area contributed by atoms with Gasteiger partial charge in [0.05, 0.1) is 17.1 Å². The van der Waals surface area contributed by atoms with E-state index in [9.17, 15) is 9.59 Å². The van der Waals surface area contributed by atoms with Crippen molar-refractivity contribution < 1.29 is 9.59 Å². The molecule has 2 heterocycles. The second-order valence-corrected chi connectivity index (χ2v) is 7.61. The van der Waals surface area contributed by atoms with E-state index in [4.69, 9.17) is 4.98 Å². The van der Waals surface area contributed by atoms with Gasteiger partial charge in [0.1, 0.15) is 12.4 Å². The quantitative estimate of drug-likeness (QED) is 0.641. The molecule has 1 aliphatic heterocycles. The van der Waals surface area contributed by atoms with E-state index in [0.29, 0.717) is 5.82 Å². The molecule has 3 aromatic rings. The molecule has 1 atom stereocenters. The number of hydrogen-bond acceptors (Lipinski definition) is 3. The maximum atomic E-state index is 12.8. The van der Waals surface area contributed by atoms with Gasteiger partial charge < -0.3 is 14.8 Å². The van der Waals surface area contributed by atoms with Gasteiger partial charge >= 0.3 is 0 Å². The summed E-state index contributed by atoms with van der Waals surface area (Å²) in [5.74, 6) is 0.584. The van der Waals surface area contributed by atoms with Crippen LogP contribution in [0.2, 0.25) is 0 Å². The minimum absolute atomic E-state index is 0.0967. The lowest BCUT2D eigenvalue weighted by molar-refractivity contribution is -0.130. The Morgan fingerprint density at radius 1 is 1.07 bits per heavy atom. The molecule has 1 N–H and O–H groups in total. The maximum Gasteiger partial charge on any atom is 0.244 e. The van der Waals surface area contributed by atoms with E-state index < -0.39 is 0 Å². The van der Waals surface area contributed by atoms with Crippen molar-refractivity contribution in [3.05, 3.63) is 72.1 Å². The number of nitrogens with one attached hydrogen (secondary N) is 1. The Bertz CT molecular complexity index is 1070. The number of carbonyl (C=O) groups excluding carboxylic acids is 2. The molecule has 0 aliphatic carbocycles. The van der Waals surface area contributed by atoms with Crippen molar-refractivity contribution in [2.24, 2.45) is 0 Å². The number of aromatic nitrogens is 2. The first-order valence-corrected chi connectivity index (χ1v) is 10.4. The predicted molar refractivity (Wildman–Crippen MR) is 118 cm³/mol. The molecule has 1 unspecified atom stereocenters. The van der Waals surface area contributed by atoms with Crippen LogP contribution in [0, 0.1) is 0 Å². The van der Waals surface area contributed by atoms with Crippen molar-refractivity contribution in [1.29, 1.82) is 0 Å². The molecule has 6 nitrogen and oxygen atoms in total. The highest BCUT2D eigenvalue weighted by Crippen LogP contribution is 2.22. The van der Waals surface area contributed by atoms with Crippen molar-refractivity contribution >= 4 is 28.9 Å². The number of amides is 2. The summed E-state index contributed by atoms with van der Waals surface area (Å²) < 4.78 is 1.93. The van der Waals surface area contributed by atoms with Gasteiger partial charge in [-0.2, -0.15) is 0 Å². The molecule has 30 heavy (non-hydrogen) atoms. The number of imidazole rings is 1. The first-order chi connectivity index (χ1) is 14.6. The largest absolute Gasteiger partial charge is 0.343 e. The van der Waals surface area contributed by atoms with Crippen LogP contribution in [0.15, 0.2) is 60.7 Å². The predicted octanol–water partition coefficient (Wildman–Crippen LogP) is 3.55. The standard InChI is InChI=1S/C24H26N4O2/c1-18(25-22(29)14-13-19-9-3-2-4-10-19)24-26-20-11-5-6-12-21(20)28(24)17-23(30)27-15-7-8-16-27/h2-6,9-14,18H,7-8,15-17H2,1H3,(H,25,29)/b14-13-. The number of rotatable bonds is 6. The lowest BCUT2D eigenvalue weighted by atomic mass is 10.2. The zero-order valence-electron chi connectivity index (χ0n) is 17.1. The van der Waals surface area contributed by atoms with Crippen LogP contribution in [0.25, 0.3) is 17.1 Å². The van der Waals surface area contributed by atoms with Gasteiger partial charge in [-0.1, -0.05) is 42.5 Å². The summed E-state index contributed by atoms with van der Waals surface area (Å²) in [5.41, 5.74) is 2.69. The van der Waals surface area contributed by atoms with Gasteiger partial charge in [-0.3, -0.25) is 9.59 Å². The summed E-state index contributed by atoms with van der Waals surface area (Å²) in [4.78, 5) is 31.9. The van der Waals surface area contributed by atoms with Crippen molar-refractivity contribution in [3.8, 4) is 0 Å². The van der Waals surface area contributed by atoms with E-state index in [-0.39, 0.29) is 24.4 Å². The fraction of sp³-hybridized carbons (Fsp3) is 0.292. The monoisotopic (exact) mass is 402 g/mol. The van der Waals surface area contributed by atoms with Crippen LogP contribution in [0.3, 0.4) is 0 Å². The van der Waals surface area contributed by atoms with Gasteiger partial charge in [0.25, 0.3) is 0 Å². The minimum atomic E-state index is -0.336. The topological polar surface area (TPSA) is 67.2 Å². The highest BCUT2D eigenvalue weighted by Gasteiger charge is 2.23. The third kappa shape index (κ3) is 4.43. The molecule has 2 aromatic carbocycles. The molecule has 1 fully saturated rings. The number of carbonyl (C=O) groups is 2. The smallest absolute Gasteiger partial charge is 0.244 e. The first kappa shape index (κ1) is 19.9. The molecule has 2 amide bonds. The lowest BCUT2D eigenvalue weighted by Gasteiger charge is -2.19. The van der Waals surface area contributed by atoms with Gasteiger partial charge in [-0.25, -0.2) is 4.98 Å². The summed E-state index contributed by atoms with van der Waals surface area (Å²) in [6.07, 6.45) is 5.42. The summed E-state index contributed by atoms with van der Waals surface area (Å²) in [7, 11) is 0. The fourth-order valence-corrected chi connectivity index (χ4v) is 3.85. The van der Waals surface area contributed by atoms with Crippen LogP contribution in [-0.2, 0) is 16.1 Å². The molecule has 1 aromatic heterocycles. The Morgan fingerprint density at radius 2 is 1.77 bits per heavy atom. The summed E-state index contributed by atoms with van der Waals surface area (Å²) in [6, 6.07) is 17.1. The molecule has 154 valence electrons. The summed E-state index contributed by atoms with van der Waals surface area (Å²) >= 11 is 0. The molecular formula is C24H26N4O2. The van der Waals surface area contributed by atoms with E-state index in [1.807, 2.05) is 71.0 Å². The first-order valence-electron chi connectivity index (χ1n) is 10.4. The van der Waals surface area contributed by atoms with Crippen LogP contribution in [0.4, 0.5) is 0 Å². The number of nitrogens with zero attached hydrogens (tertiary/aromatic N) is 3. The number of benzene rings is 2. The van der Waals surface area contributed by atoms with Crippen molar-refractivity contribution in [3.63, 3.8) is 0 Å². The van der Waals surface area contributed by atoms with E-state index in [1.54, 1.807) is 6.08 Å². The zero-order chi connectivity index (χ0) is 20.9. The molecular weight excluding hydrogens is 376 g/mol. The van der Waals surface area contributed by atoms with Crippen LogP contribution in [0.5, 0.6) is 0 Å². The number of hydrogen-bond donors (Lipinski definition) is 1. The van der Waals surface area contributed by atoms with Crippen LogP contribution < -0.4 is 5.32 Å². The minimum Gasteiger partial charge on any atom is -0.343 e. The maximum absolute atomic E-state index is 12.8. The van der Waals surface area contributed by atoms with Gasteiger partial charge in [0.2, 0.25) is 11.8 Å². The lowest BCUT2D eigenvalue weighted by Crippen LogP contribution is -2.33. The van der Waals surface area contributed by atoms with Gasteiger partial charge in [-0.05, 0) is 43.5 Å². The van der Waals surface area contributed by atoms with Gasteiger partial charge in [0, 0.05) is 19.2 Å². The molecule has 1 aliphatic rings. The number of fused-ring (bicyclic) bond motifs is 1. The summed E-state index contributed by atoms with van der Waals surface area (Å²) in [5, 5.41) is 2.98. The third-order valence-electron chi connectivity index (χ3n) is 5.41. The van der Waals surface area contributed by atoms with Crippen LogP contribution in [0.1, 0.15) is 37.2 Å². The fourth-order valence-electron chi connectivity index (χ4n) is 3.85. The normalized spacial score (nSPS) is 15.0. The molecule has 0 spiro atoms. The zero-order valence-corrected chi connectivity index (χ0v) is 17.1. The van der Waals surface area contributed by atoms with Gasteiger partial charge in [0.15, 0.2) is 0 Å². The van der Waals surface area contributed by atoms with Crippen molar-refractivity contribution in [2.45, 2.75) is 32.4 Å². The van der Waals surface area contributed by atoms with Crippen molar-refractivity contribution in [1.82, 2.24) is 19.8 Å². The van der Waals surface area contributed by atoms with Crippen molar-refractivity contribution in [2.75, 3.05) is 13.1 Å². The Kier molecular flexibility index (Phi) is 5.93. The van der Waals surface area contributed by atoms with Crippen LogP contribution in [-0.4, -0.2) is 39.4 Å². The van der Waals surface area contributed by atoms with Gasteiger partial charge in [-0.15, -0.1) is 0 Å². The Hall–Kier alpha value is -3.41. The Balaban J connectivity index is 1.54. The average Bonchev–Trinajstić information content (AvgIpc) is 3.42. The molecule has 0 saturated carbocycles. The second-order valence-electron chi connectivity index (χ2n) is 7.61. The number of likely N-dealkylation sites (tertiary alicyclic amines) is 1. The summed E-state index contributed by atoms with van der Waals surface area (Å²) in [6.45, 7) is 3.76. The van der Waals surface area contributed by atoms with E-state index in [1.165, 1.54) is 6.08 Å². The highest BCUT2D eigenvalue weighted by molar-refractivity contribution is 5.92. The molecule has 4 rings (SSSR count). The second kappa shape index (κ2) is 8.95. The number of para-hydroxylation sites is 2. The third-order valence-corrected chi connectivity index (χ3v) is 5.41. The Labute approximate surface area is 176 Å². The van der Waals surface area contributed by atoms with E-state index in [0.717, 1.165) is 42.5 Å². The van der Waals surface area contributed by atoms with Crippen LogP contribution >= 0.6 is 0 Å². The molecule has 0 radical (unpaired) electrons. The van der Waals surface area contributed by atoms with E-state index >= 15 is 0 Å². The van der Waals surface area contributed by atoms with E-state index in [2.05, 4.69) is 5.32 Å². The molecule has 1 saturated heterocycles. The molecule has 0 bridgehead atoms. The molecule has 6 heteroatoms. The highest BCUT2D eigenvalue weighted by atomic mass is 16.2. The average molecular weight is 402 g/mol. The Morgan fingerprint density at radius 3 is 2.53 bits per heavy atom. The SMILES string of the molecule is CC(NC(=O)/C=C\c1ccccc1)c1nc2ccccc2n1CC(=O)N1CCCC1.